The SMILES string of the molecule is CC(NCc1cnco1)c1cccc(F)c1. The zero-order valence-corrected chi connectivity index (χ0v) is 8.98. The summed E-state index contributed by atoms with van der Waals surface area (Å²) in [5, 5.41) is 3.23. The quantitative estimate of drug-likeness (QED) is 0.860. The van der Waals surface area contributed by atoms with Crippen LogP contribution in [0.25, 0.3) is 0 Å². The summed E-state index contributed by atoms with van der Waals surface area (Å²) in [5.41, 5.74) is 0.916. The number of hydrogen-bond acceptors (Lipinski definition) is 3. The van der Waals surface area contributed by atoms with Crippen LogP contribution in [0.5, 0.6) is 0 Å². The Balaban J connectivity index is 1.95. The molecule has 0 fully saturated rings. The lowest BCUT2D eigenvalue weighted by Gasteiger charge is -2.12. The van der Waals surface area contributed by atoms with E-state index in [1.807, 2.05) is 13.0 Å². The van der Waals surface area contributed by atoms with Crippen molar-refractivity contribution < 1.29 is 8.81 Å². The molecule has 84 valence electrons. The van der Waals surface area contributed by atoms with E-state index in [4.69, 9.17) is 4.42 Å². The van der Waals surface area contributed by atoms with Crippen molar-refractivity contribution in [3.05, 3.63) is 54.0 Å². The summed E-state index contributed by atoms with van der Waals surface area (Å²) >= 11 is 0. The molecule has 0 bridgehead atoms. The summed E-state index contributed by atoms with van der Waals surface area (Å²) < 4.78 is 18.1. The number of hydrogen-bond donors (Lipinski definition) is 1. The van der Waals surface area contributed by atoms with E-state index in [1.165, 1.54) is 18.5 Å². The van der Waals surface area contributed by atoms with Gasteiger partial charge >= 0.3 is 0 Å². The average Bonchev–Trinajstić information content (AvgIpc) is 2.78. The Morgan fingerprint density at radius 3 is 3.06 bits per heavy atom. The van der Waals surface area contributed by atoms with Gasteiger partial charge in [0.05, 0.1) is 12.7 Å². The predicted octanol–water partition coefficient (Wildman–Crippen LogP) is 2.66. The van der Waals surface area contributed by atoms with E-state index in [2.05, 4.69) is 10.3 Å². The third kappa shape index (κ3) is 2.67. The normalized spacial score (nSPS) is 12.6. The zero-order valence-electron chi connectivity index (χ0n) is 8.98. The van der Waals surface area contributed by atoms with E-state index >= 15 is 0 Å². The lowest BCUT2D eigenvalue weighted by molar-refractivity contribution is 0.457. The molecule has 4 heteroatoms. The van der Waals surface area contributed by atoms with Gasteiger partial charge in [-0.25, -0.2) is 9.37 Å². The Kier molecular flexibility index (Phi) is 3.31. The number of oxazole rings is 1. The maximum atomic E-state index is 13.0. The molecule has 0 amide bonds. The number of rotatable bonds is 4. The molecule has 1 aromatic heterocycles. The van der Waals surface area contributed by atoms with Gasteiger partial charge < -0.3 is 9.73 Å². The molecule has 2 aromatic rings. The van der Waals surface area contributed by atoms with Crippen LogP contribution in [0, 0.1) is 5.82 Å². The maximum absolute atomic E-state index is 13.0. The van der Waals surface area contributed by atoms with Crippen molar-refractivity contribution >= 4 is 0 Å². The molecule has 1 N–H and O–H groups in total. The first-order valence-electron chi connectivity index (χ1n) is 5.12. The fourth-order valence-corrected chi connectivity index (χ4v) is 1.48. The van der Waals surface area contributed by atoms with Crippen molar-refractivity contribution in [3.8, 4) is 0 Å². The Morgan fingerprint density at radius 2 is 2.38 bits per heavy atom. The monoisotopic (exact) mass is 220 g/mol. The second kappa shape index (κ2) is 4.90. The largest absolute Gasteiger partial charge is 0.447 e. The lowest BCUT2D eigenvalue weighted by atomic mass is 10.1. The highest BCUT2D eigenvalue weighted by molar-refractivity contribution is 5.19. The minimum absolute atomic E-state index is 0.0702. The molecule has 1 unspecified atom stereocenters. The maximum Gasteiger partial charge on any atom is 0.180 e. The smallest absolute Gasteiger partial charge is 0.180 e. The summed E-state index contributed by atoms with van der Waals surface area (Å²) in [6.45, 7) is 2.56. The molecular formula is C12H13FN2O. The standard InChI is InChI=1S/C12H13FN2O/c1-9(10-3-2-4-11(13)5-10)15-7-12-6-14-8-16-12/h2-6,8-9,15H,7H2,1H3. The van der Waals surface area contributed by atoms with E-state index in [-0.39, 0.29) is 11.9 Å². The third-order valence-corrected chi connectivity index (χ3v) is 2.41. The molecule has 0 saturated carbocycles. The van der Waals surface area contributed by atoms with Gasteiger partial charge in [-0.15, -0.1) is 0 Å². The van der Waals surface area contributed by atoms with Crippen LogP contribution in [0.15, 0.2) is 41.3 Å². The molecule has 0 aliphatic rings. The minimum Gasteiger partial charge on any atom is -0.447 e. The van der Waals surface area contributed by atoms with Crippen LogP contribution in [-0.4, -0.2) is 4.98 Å². The van der Waals surface area contributed by atoms with Crippen LogP contribution < -0.4 is 5.32 Å². The zero-order chi connectivity index (χ0) is 11.4. The van der Waals surface area contributed by atoms with Gasteiger partial charge in [0, 0.05) is 6.04 Å². The second-order valence-corrected chi connectivity index (χ2v) is 3.63. The van der Waals surface area contributed by atoms with Crippen molar-refractivity contribution in [3.63, 3.8) is 0 Å². The van der Waals surface area contributed by atoms with Gasteiger partial charge in [-0.1, -0.05) is 12.1 Å². The van der Waals surface area contributed by atoms with Crippen LogP contribution in [0.3, 0.4) is 0 Å². The van der Waals surface area contributed by atoms with Crippen molar-refractivity contribution in [2.45, 2.75) is 19.5 Å². The molecule has 1 aromatic carbocycles. The fraction of sp³-hybridized carbons (Fsp3) is 0.250. The Hall–Kier alpha value is -1.68. The minimum atomic E-state index is -0.217. The van der Waals surface area contributed by atoms with Crippen LogP contribution in [0.2, 0.25) is 0 Å². The molecule has 0 aliphatic heterocycles. The van der Waals surface area contributed by atoms with E-state index in [1.54, 1.807) is 12.3 Å². The fourth-order valence-electron chi connectivity index (χ4n) is 1.48. The Morgan fingerprint density at radius 1 is 1.50 bits per heavy atom. The molecule has 2 rings (SSSR count). The summed E-state index contributed by atoms with van der Waals surface area (Å²) in [6, 6.07) is 6.63. The highest BCUT2D eigenvalue weighted by Gasteiger charge is 2.06. The van der Waals surface area contributed by atoms with Crippen LogP contribution in [-0.2, 0) is 6.54 Å². The van der Waals surface area contributed by atoms with E-state index < -0.39 is 0 Å². The third-order valence-electron chi connectivity index (χ3n) is 2.41. The van der Waals surface area contributed by atoms with Crippen LogP contribution in [0.1, 0.15) is 24.3 Å². The molecule has 0 spiro atoms. The van der Waals surface area contributed by atoms with Crippen molar-refractivity contribution in [1.82, 2.24) is 10.3 Å². The van der Waals surface area contributed by atoms with Gasteiger partial charge in [-0.2, -0.15) is 0 Å². The van der Waals surface area contributed by atoms with Gasteiger partial charge in [0.15, 0.2) is 6.39 Å². The molecular weight excluding hydrogens is 207 g/mol. The van der Waals surface area contributed by atoms with Gasteiger partial charge in [-0.05, 0) is 24.6 Å². The molecule has 1 heterocycles. The van der Waals surface area contributed by atoms with E-state index in [0.29, 0.717) is 6.54 Å². The molecule has 0 saturated heterocycles. The van der Waals surface area contributed by atoms with E-state index in [0.717, 1.165) is 11.3 Å². The number of benzene rings is 1. The van der Waals surface area contributed by atoms with Gasteiger partial charge in [0.1, 0.15) is 11.6 Å². The number of nitrogens with zero attached hydrogens (tertiary/aromatic N) is 1. The van der Waals surface area contributed by atoms with Gasteiger partial charge in [-0.3, -0.25) is 0 Å². The number of halogens is 1. The summed E-state index contributed by atoms with van der Waals surface area (Å²) in [7, 11) is 0. The highest BCUT2D eigenvalue weighted by Crippen LogP contribution is 2.14. The topological polar surface area (TPSA) is 38.1 Å². The summed E-state index contributed by atoms with van der Waals surface area (Å²) in [5.74, 6) is 0.550. The number of nitrogens with one attached hydrogen (secondary N) is 1. The van der Waals surface area contributed by atoms with Crippen LogP contribution >= 0.6 is 0 Å². The molecule has 0 aliphatic carbocycles. The van der Waals surface area contributed by atoms with Gasteiger partial charge in [0.25, 0.3) is 0 Å². The predicted molar refractivity (Wildman–Crippen MR) is 58.2 cm³/mol. The van der Waals surface area contributed by atoms with Crippen molar-refractivity contribution in [1.29, 1.82) is 0 Å². The van der Waals surface area contributed by atoms with Crippen molar-refractivity contribution in [2.24, 2.45) is 0 Å². The molecule has 16 heavy (non-hydrogen) atoms. The lowest BCUT2D eigenvalue weighted by Crippen LogP contribution is -2.17. The first-order valence-corrected chi connectivity index (χ1v) is 5.12. The highest BCUT2D eigenvalue weighted by atomic mass is 19.1. The summed E-state index contributed by atoms with van der Waals surface area (Å²) in [4.78, 5) is 3.82. The van der Waals surface area contributed by atoms with Gasteiger partial charge in [0.2, 0.25) is 0 Å². The van der Waals surface area contributed by atoms with Crippen molar-refractivity contribution in [2.75, 3.05) is 0 Å². The van der Waals surface area contributed by atoms with E-state index in [9.17, 15) is 4.39 Å². The summed E-state index contributed by atoms with van der Waals surface area (Å²) in [6.07, 6.45) is 3.05. The molecule has 0 radical (unpaired) electrons. The second-order valence-electron chi connectivity index (χ2n) is 3.63. The molecule has 3 nitrogen and oxygen atoms in total. The number of aromatic nitrogens is 1. The molecule has 1 atom stereocenters. The first-order chi connectivity index (χ1) is 7.75. The Labute approximate surface area is 93.3 Å². The Bertz CT molecular complexity index is 442. The first kappa shape index (κ1) is 10.8. The average molecular weight is 220 g/mol. The van der Waals surface area contributed by atoms with Crippen LogP contribution in [0.4, 0.5) is 4.39 Å².